The van der Waals surface area contributed by atoms with Crippen LogP contribution in [-0.4, -0.2) is 76.3 Å². The van der Waals surface area contributed by atoms with Gasteiger partial charge < -0.3 is 24.0 Å². The van der Waals surface area contributed by atoms with E-state index in [1.807, 2.05) is 25.7 Å². The predicted molar refractivity (Wildman–Crippen MR) is 124 cm³/mol. The summed E-state index contributed by atoms with van der Waals surface area (Å²) in [5.41, 5.74) is 0.382. The van der Waals surface area contributed by atoms with Crippen LogP contribution in [0.3, 0.4) is 0 Å². The second kappa shape index (κ2) is 10.5. The lowest BCUT2D eigenvalue weighted by Gasteiger charge is -2.43. The molecule has 0 saturated carbocycles. The summed E-state index contributed by atoms with van der Waals surface area (Å²) in [4.78, 5) is 25.3. The Hall–Kier alpha value is -2.72. The molecule has 11 heteroatoms. The summed E-state index contributed by atoms with van der Waals surface area (Å²) in [6.45, 7) is 11.5. The number of amides is 1. The highest BCUT2D eigenvalue weighted by Crippen LogP contribution is 2.29. The van der Waals surface area contributed by atoms with Gasteiger partial charge in [-0.25, -0.2) is 14.8 Å². The van der Waals surface area contributed by atoms with E-state index in [1.165, 1.54) is 13.3 Å². The van der Waals surface area contributed by atoms with Gasteiger partial charge in [0, 0.05) is 39.0 Å². The summed E-state index contributed by atoms with van der Waals surface area (Å²) in [6.07, 6.45) is 2.81. The summed E-state index contributed by atoms with van der Waals surface area (Å²) in [7, 11) is 1.53. The lowest BCUT2D eigenvalue weighted by molar-refractivity contribution is 0.00871. The number of aromatic nitrogens is 4. The van der Waals surface area contributed by atoms with Gasteiger partial charge >= 0.3 is 6.09 Å². The third kappa shape index (κ3) is 6.42. The summed E-state index contributed by atoms with van der Waals surface area (Å²) in [5, 5.41) is 9.06. The highest BCUT2D eigenvalue weighted by molar-refractivity contribution is 6.30. The van der Waals surface area contributed by atoms with E-state index in [0.717, 1.165) is 0 Å². The van der Waals surface area contributed by atoms with Crippen molar-refractivity contribution < 1.29 is 19.0 Å². The molecule has 0 N–H and O–H groups in total. The zero-order valence-corrected chi connectivity index (χ0v) is 20.7. The molecule has 2 aromatic rings. The fourth-order valence-corrected chi connectivity index (χ4v) is 3.63. The van der Waals surface area contributed by atoms with Crippen LogP contribution in [0.25, 0.3) is 11.4 Å². The topological polar surface area (TPSA) is 103 Å². The number of hydrogen-bond acceptors (Lipinski definition) is 9. The maximum absolute atomic E-state index is 12.7. The molecule has 0 spiro atoms. The largest absolute Gasteiger partial charge is 0.465 e. The highest BCUT2D eigenvalue weighted by atomic mass is 35.5. The van der Waals surface area contributed by atoms with E-state index in [2.05, 4.69) is 34.0 Å². The van der Waals surface area contributed by atoms with Gasteiger partial charge in [0.05, 0.1) is 17.3 Å². The van der Waals surface area contributed by atoms with Gasteiger partial charge in [-0.15, -0.1) is 10.2 Å². The molecule has 0 unspecified atom stereocenters. The van der Waals surface area contributed by atoms with E-state index in [1.54, 1.807) is 17.2 Å². The Bertz CT molecular complexity index is 951. The summed E-state index contributed by atoms with van der Waals surface area (Å²) >= 11 is 6.04. The van der Waals surface area contributed by atoms with Crippen LogP contribution in [0, 0.1) is 5.92 Å². The van der Waals surface area contributed by atoms with Crippen LogP contribution in [-0.2, 0) is 9.47 Å². The van der Waals surface area contributed by atoms with E-state index in [0.29, 0.717) is 47.7 Å². The Kier molecular flexibility index (Phi) is 7.91. The third-order valence-corrected chi connectivity index (χ3v) is 5.25. The molecule has 1 aliphatic heterocycles. The Morgan fingerprint density at radius 1 is 1.21 bits per heavy atom. The second-order valence-corrected chi connectivity index (χ2v) is 9.56. The minimum absolute atomic E-state index is 0.0381. The molecular weight excluding hydrogens is 448 g/mol. The zero-order chi connectivity index (χ0) is 24.2. The molecule has 1 fully saturated rings. The van der Waals surface area contributed by atoms with Crippen molar-refractivity contribution in [3.8, 4) is 17.1 Å². The first kappa shape index (κ1) is 24.9. The molecule has 1 saturated heterocycles. The lowest BCUT2D eigenvalue weighted by atomic mass is 10.00. The number of methoxy groups -OCH3 is 1. The molecule has 180 valence electrons. The predicted octanol–water partition coefficient (Wildman–Crippen LogP) is 3.65. The molecule has 3 heterocycles. The van der Waals surface area contributed by atoms with E-state index in [9.17, 15) is 4.79 Å². The van der Waals surface area contributed by atoms with Crippen LogP contribution in [0.15, 0.2) is 18.5 Å². The maximum atomic E-state index is 12.7. The molecule has 0 radical (unpaired) electrons. The molecule has 0 bridgehead atoms. The fourth-order valence-electron chi connectivity index (χ4n) is 3.48. The molecule has 1 aliphatic rings. The molecule has 2 aromatic heterocycles. The summed E-state index contributed by atoms with van der Waals surface area (Å²) < 4.78 is 16.1. The minimum atomic E-state index is -0.542. The number of anilines is 1. The number of piperazine rings is 1. The Morgan fingerprint density at radius 2 is 1.97 bits per heavy atom. The molecular formula is C22H31ClN6O4. The minimum Gasteiger partial charge on any atom is -0.465 e. The van der Waals surface area contributed by atoms with Gasteiger partial charge in [0.1, 0.15) is 17.0 Å². The normalized spacial score (nSPS) is 16.8. The van der Waals surface area contributed by atoms with Crippen molar-refractivity contribution in [2.24, 2.45) is 5.92 Å². The van der Waals surface area contributed by atoms with Gasteiger partial charge in [0.2, 0.25) is 5.95 Å². The second-order valence-electron chi connectivity index (χ2n) is 9.13. The summed E-state index contributed by atoms with van der Waals surface area (Å²) in [5.74, 6) is 1.15. The van der Waals surface area contributed by atoms with Crippen LogP contribution in [0.4, 0.5) is 10.7 Å². The molecule has 0 aliphatic carbocycles. The van der Waals surface area contributed by atoms with Gasteiger partial charge in [-0.2, -0.15) is 0 Å². The maximum Gasteiger partial charge on any atom is 0.410 e. The van der Waals surface area contributed by atoms with Crippen LogP contribution >= 0.6 is 11.6 Å². The number of carbonyl (C=O) groups excluding carboxylic acids is 1. The smallest absolute Gasteiger partial charge is 0.410 e. The molecule has 33 heavy (non-hydrogen) atoms. The van der Waals surface area contributed by atoms with Gasteiger partial charge in [-0.1, -0.05) is 25.4 Å². The first-order valence-corrected chi connectivity index (χ1v) is 11.2. The molecule has 1 atom stereocenters. The van der Waals surface area contributed by atoms with E-state index < -0.39 is 5.60 Å². The zero-order valence-electron chi connectivity index (χ0n) is 19.9. The average Bonchev–Trinajstić information content (AvgIpc) is 2.76. The van der Waals surface area contributed by atoms with Crippen molar-refractivity contribution in [3.05, 3.63) is 23.5 Å². The highest BCUT2D eigenvalue weighted by Gasteiger charge is 2.35. The molecule has 10 nitrogen and oxygen atoms in total. The SMILES string of the molecule is COCOc1cc(Cl)cnc1-c1cnc(N2CCN(C(=O)OC(C)(C)C)[C@@H](C(C)C)C2)nn1. The van der Waals surface area contributed by atoms with Crippen LogP contribution in [0.5, 0.6) is 5.75 Å². The lowest BCUT2D eigenvalue weighted by Crippen LogP contribution is -2.58. The fraction of sp³-hybridized carbons (Fsp3) is 0.591. The molecule has 1 amide bonds. The number of pyridine rings is 1. The molecule has 0 aromatic carbocycles. The number of halogens is 1. The quantitative estimate of drug-likeness (QED) is 0.575. The van der Waals surface area contributed by atoms with Crippen LogP contribution in [0.2, 0.25) is 5.02 Å². The van der Waals surface area contributed by atoms with E-state index in [-0.39, 0.29) is 24.8 Å². The van der Waals surface area contributed by atoms with Gasteiger partial charge in [-0.05, 0) is 26.7 Å². The number of carbonyl (C=O) groups is 1. The Morgan fingerprint density at radius 3 is 2.58 bits per heavy atom. The first-order valence-electron chi connectivity index (χ1n) is 10.8. The van der Waals surface area contributed by atoms with Crippen LogP contribution < -0.4 is 9.64 Å². The Labute approximate surface area is 199 Å². The van der Waals surface area contributed by atoms with Crippen LogP contribution in [0.1, 0.15) is 34.6 Å². The number of ether oxygens (including phenoxy) is 3. The molecule has 3 rings (SSSR count). The van der Waals surface area contributed by atoms with Gasteiger partial charge in [0.25, 0.3) is 0 Å². The first-order chi connectivity index (χ1) is 15.6. The monoisotopic (exact) mass is 478 g/mol. The van der Waals surface area contributed by atoms with Crippen molar-refractivity contribution in [2.75, 3.05) is 38.4 Å². The van der Waals surface area contributed by atoms with Crippen molar-refractivity contribution in [1.29, 1.82) is 0 Å². The third-order valence-electron chi connectivity index (χ3n) is 5.04. The number of nitrogens with zero attached hydrogens (tertiary/aromatic N) is 6. The van der Waals surface area contributed by atoms with Crippen molar-refractivity contribution in [3.63, 3.8) is 0 Å². The van der Waals surface area contributed by atoms with E-state index >= 15 is 0 Å². The average molecular weight is 479 g/mol. The van der Waals surface area contributed by atoms with E-state index in [4.69, 9.17) is 25.8 Å². The number of hydrogen-bond donors (Lipinski definition) is 0. The van der Waals surface area contributed by atoms with Gasteiger partial charge in [0.15, 0.2) is 12.5 Å². The summed E-state index contributed by atoms with van der Waals surface area (Å²) in [6, 6.07) is 1.60. The van der Waals surface area contributed by atoms with Crippen molar-refractivity contribution in [2.45, 2.75) is 46.3 Å². The van der Waals surface area contributed by atoms with Gasteiger partial charge in [-0.3, -0.25) is 0 Å². The van der Waals surface area contributed by atoms with Crippen molar-refractivity contribution >= 4 is 23.6 Å². The standard InChI is InChI=1S/C22H31ClN6O4/c1-14(2)17-12-28(7-8-29(17)21(30)33-22(3,4)5)20-25-11-16(26-27-20)19-18(32-13-31-6)9-15(23)10-24-19/h9-11,14,17H,7-8,12-13H2,1-6H3/t17-/m1/s1. The Balaban J connectivity index is 1.76. The van der Waals surface area contributed by atoms with Crippen molar-refractivity contribution in [1.82, 2.24) is 25.1 Å². The number of rotatable bonds is 6.